The van der Waals surface area contributed by atoms with Crippen LogP contribution in [0.1, 0.15) is 35.2 Å². The third-order valence-corrected chi connectivity index (χ3v) is 4.59. The number of anilines is 1. The Balaban J connectivity index is 1.80. The lowest BCUT2D eigenvalue weighted by Crippen LogP contribution is -2.20. The van der Waals surface area contributed by atoms with E-state index >= 15 is 0 Å². The van der Waals surface area contributed by atoms with Crippen molar-refractivity contribution in [2.75, 3.05) is 5.32 Å². The first-order valence-corrected chi connectivity index (χ1v) is 8.29. The van der Waals surface area contributed by atoms with Crippen molar-refractivity contribution in [2.24, 2.45) is 0 Å². The van der Waals surface area contributed by atoms with Crippen molar-refractivity contribution in [2.45, 2.75) is 26.3 Å². The van der Waals surface area contributed by atoms with Gasteiger partial charge in [0.25, 0.3) is 0 Å². The molecule has 120 valence electrons. The number of fused-ring (bicyclic) bond motifs is 1. The highest BCUT2D eigenvalue weighted by atomic mass is 15.4. The van der Waals surface area contributed by atoms with Gasteiger partial charge in [0.2, 0.25) is 5.95 Å². The molecule has 1 aliphatic heterocycles. The molecular formula is C20H20N4. The van der Waals surface area contributed by atoms with Gasteiger partial charge in [-0.3, -0.25) is 0 Å². The summed E-state index contributed by atoms with van der Waals surface area (Å²) in [6.45, 7) is 4.31. The molecule has 2 heterocycles. The van der Waals surface area contributed by atoms with Crippen molar-refractivity contribution in [1.82, 2.24) is 14.8 Å². The number of allylic oxidation sites excluding steroid dienone is 1. The molecule has 3 aromatic rings. The van der Waals surface area contributed by atoms with Crippen LogP contribution in [0.5, 0.6) is 0 Å². The van der Waals surface area contributed by atoms with Gasteiger partial charge in [-0.05, 0) is 41.7 Å². The fourth-order valence-electron chi connectivity index (χ4n) is 3.16. The summed E-state index contributed by atoms with van der Waals surface area (Å²) in [5.41, 5.74) is 6.08. The van der Waals surface area contributed by atoms with Gasteiger partial charge in [0.1, 0.15) is 12.4 Å². The van der Waals surface area contributed by atoms with E-state index in [4.69, 9.17) is 0 Å². The molecule has 0 aliphatic carbocycles. The third-order valence-electron chi connectivity index (χ3n) is 4.59. The molecule has 4 heteroatoms. The normalized spacial score (nSPS) is 16.2. The van der Waals surface area contributed by atoms with Gasteiger partial charge in [-0.25, -0.2) is 4.68 Å². The molecule has 0 bridgehead atoms. The summed E-state index contributed by atoms with van der Waals surface area (Å²) >= 11 is 0. The van der Waals surface area contributed by atoms with E-state index in [1.54, 1.807) is 6.33 Å². The van der Waals surface area contributed by atoms with Gasteiger partial charge in [-0.1, -0.05) is 55.5 Å². The van der Waals surface area contributed by atoms with E-state index < -0.39 is 0 Å². The predicted molar refractivity (Wildman–Crippen MR) is 96.8 cm³/mol. The van der Waals surface area contributed by atoms with Crippen molar-refractivity contribution < 1.29 is 0 Å². The quantitative estimate of drug-likeness (QED) is 0.787. The van der Waals surface area contributed by atoms with Crippen LogP contribution in [0.3, 0.4) is 0 Å². The molecule has 4 rings (SSSR count). The van der Waals surface area contributed by atoms with E-state index in [1.807, 2.05) is 4.68 Å². The molecule has 0 saturated carbocycles. The molecule has 1 N–H and O–H groups in total. The number of nitrogens with zero attached hydrogens (tertiary/aromatic N) is 3. The van der Waals surface area contributed by atoms with Crippen molar-refractivity contribution in [3.63, 3.8) is 0 Å². The monoisotopic (exact) mass is 316 g/mol. The summed E-state index contributed by atoms with van der Waals surface area (Å²) in [5.74, 6) is 0.778. The number of benzene rings is 2. The second kappa shape index (κ2) is 5.96. The Morgan fingerprint density at radius 2 is 1.88 bits per heavy atom. The molecule has 0 radical (unpaired) electrons. The maximum atomic E-state index is 4.41. The number of hydrogen-bond donors (Lipinski definition) is 1. The van der Waals surface area contributed by atoms with Gasteiger partial charge in [0.15, 0.2) is 0 Å². The van der Waals surface area contributed by atoms with E-state index in [-0.39, 0.29) is 6.04 Å². The van der Waals surface area contributed by atoms with Crippen LogP contribution in [0.2, 0.25) is 0 Å². The Bertz CT molecular complexity index is 890. The summed E-state index contributed by atoms with van der Waals surface area (Å²) in [4.78, 5) is 4.37. The molecule has 0 amide bonds. The van der Waals surface area contributed by atoms with Crippen molar-refractivity contribution in [3.8, 4) is 0 Å². The van der Waals surface area contributed by atoms with E-state index in [0.29, 0.717) is 0 Å². The van der Waals surface area contributed by atoms with Crippen LogP contribution in [0.25, 0.3) is 5.70 Å². The van der Waals surface area contributed by atoms with Gasteiger partial charge >= 0.3 is 0 Å². The SMILES string of the molecule is CCc1ccc(C2=C[C@H](c3ccccc3C)n3ncnc3N2)cc1. The molecule has 0 spiro atoms. The van der Waals surface area contributed by atoms with Gasteiger partial charge in [-0.15, -0.1) is 0 Å². The van der Waals surface area contributed by atoms with Crippen LogP contribution < -0.4 is 5.32 Å². The molecule has 1 aromatic heterocycles. The zero-order valence-electron chi connectivity index (χ0n) is 13.9. The highest BCUT2D eigenvalue weighted by molar-refractivity contribution is 5.77. The molecule has 0 fully saturated rings. The molecule has 1 atom stereocenters. The molecule has 2 aromatic carbocycles. The van der Waals surface area contributed by atoms with E-state index in [9.17, 15) is 0 Å². The van der Waals surface area contributed by atoms with Crippen LogP contribution in [-0.2, 0) is 6.42 Å². The van der Waals surface area contributed by atoms with Crippen LogP contribution >= 0.6 is 0 Å². The zero-order chi connectivity index (χ0) is 16.5. The summed E-state index contributed by atoms with van der Waals surface area (Å²) in [5, 5.41) is 7.81. The number of nitrogens with one attached hydrogen (secondary N) is 1. The number of rotatable bonds is 3. The van der Waals surface area contributed by atoms with Crippen molar-refractivity contribution in [1.29, 1.82) is 0 Å². The Morgan fingerprint density at radius 1 is 1.08 bits per heavy atom. The smallest absolute Gasteiger partial charge is 0.226 e. The molecule has 1 aliphatic rings. The second-order valence-corrected chi connectivity index (χ2v) is 6.09. The van der Waals surface area contributed by atoms with Crippen LogP contribution in [0.15, 0.2) is 60.9 Å². The Kier molecular flexibility index (Phi) is 3.65. The highest BCUT2D eigenvalue weighted by Crippen LogP contribution is 2.33. The van der Waals surface area contributed by atoms with Crippen LogP contribution in [-0.4, -0.2) is 14.8 Å². The van der Waals surface area contributed by atoms with E-state index in [2.05, 4.69) is 83.9 Å². The van der Waals surface area contributed by atoms with E-state index in [1.165, 1.54) is 22.3 Å². The van der Waals surface area contributed by atoms with E-state index in [0.717, 1.165) is 18.1 Å². The minimum absolute atomic E-state index is 0.0470. The average molecular weight is 316 g/mol. The molecule has 0 unspecified atom stereocenters. The molecule has 24 heavy (non-hydrogen) atoms. The topological polar surface area (TPSA) is 42.7 Å². The first-order chi connectivity index (χ1) is 11.8. The molecule has 0 saturated heterocycles. The third kappa shape index (κ3) is 2.50. The number of aromatic nitrogens is 3. The zero-order valence-corrected chi connectivity index (χ0v) is 13.9. The average Bonchev–Trinajstić information content (AvgIpc) is 3.10. The molecule has 4 nitrogen and oxygen atoms in total. The second-order valence-electron chi connectivity index (χ2n) is 6.09. The Morgan fingerprint density at radius 3 is 2.62 bits per heavy atom. The highest BCUT2D eigenvalue weighted by Gasteiger charge is 2.24. The van der Waals surface area contributed by atoms with Crippen LogP contribution in [0, 0.1) is 6.92 Å². The largest absolute Gasteiger partial charge is 0.324 e. The maximum absolute atomic E-state index is 4.41. The number of aryl methyl sites for hydroxylation is 2. The van der Waals surface area contributed by atoms with Crippen molar-refractivity contribution in [3.05, 3.63) is 83.2 Å². The van der Waals surface area contributed by atoms with Crippen molar-refractivity contribution >= 4 is 11.6 Å². The Labute approximate surface area is 141 Å². The lowest BCUT2D eigenvalue weighted by Gasteiger charge is -2.25. The first-order valence-electron chi connectivity index (χ1n) is 8.29. The Hall–Kier alpha value is -2.88. The van der Waals surface area contributed by atoms with Crippen LogP contribution in [0.4, 0.5) is 5.95 Å². The summed E-state index contributed by atoms with van der Waals surface area (Å²) in [7, 11) is 0. The standard InChI is InChI=1S/C20H20N4/c1-3-15-8-10-16(11-9-15)18-12-19(17-7-5-4-6-14(17)2)24-20(23-18)21-13-22-24/h4-13,19H,3H2,1-2H3,(H,21,22,23)/t19-/m1/s1. The predicted octanol–water partition coefficient (Wildman–Crippen LogP) is 4.20. The van der Waals surface area contributed by atoms with Gasteiger partial charge in [-0.2, -0.15) is 10.1 Å². The van der Waals surface area contributed by atoms with Gasteiger partial charge < -0.3 is 5.32 Å². The maximum Gasteiger partial charge on any atom is 0.226 e. The van der Waals surface area contributed by atoms with Gasteiger partial charge in [0.05, 0.1) is 0 Å². The minimum atomic E-state index is 0.0470. The lowest BCUT2D eigenvalue weighted by atomic mass is 9.97. The first kappa shape index (κ1) is 14.7. The fraction of sp³-hybridized carbons (Fsp3) is 0.200. The summed E-state index contributed by atoms with van der Waals surface area (Å²) < 4.78 is 1.94. The summed E-state index contributed by atoms with van der Waals surface area (Å²) in [6.07, 6.45) is 4.88. The fourth-order valence-corrected chi connectivity index (χ4v) is 3.16. The molecular weight excluding hydrogens is 296 g/mol. The summed E-state index contributed by atoms with van der Waals surface area (Å²) in [6, 6.07) is 17.2. The lowest BCUT2D eigenvalue weighted by molar-refractivity contribution is 0.609. The number of hydrogen-bond acceptors (Lipinski definition) is 3. The minimum Gasteiger partial charge on any atom is -0.324 e. The van der Waals surface area contributed by atoms with Gasteiger partial charge in [0, 0.05) is 5.70 Å².